The Bertz CT molecular complexity index is 1040. The molecule has 1 aliphatic rings. The SMILES string of the molecule is COC(=O)c1cc(I)ccc1OCC1C[C@H]1Cn1cnnc1-c1cccc(N)n1. The Morgan fingerprint density at radius 1 is 1.31 bits per heavy atom. The monoisotopic (exact) mass is 505 g/mol. The highest BCUT2D eigenvalue weighted by atomic mass is 127. The lowest BCUT2D eigenvalue weighted by atomic mass is 10.2. The number of benzene rings is 1. The first-order valence-corrected chi connectivity index (χ1v) is 10.2. The molecule has 2 aromatic heterocycles. The Balaban J connectivity index is 1.38. The molecule has 0 radical (unpaired) electrons. The van der Waals surface area contributed by atoms with Crippen molar-refractivity contribution in [3.8, 4) is 17.3 Å². The van der Waals surface area contributed by atoms with E-state index in [9.17, 15) is 4.79 Å². The molecule has 0 bridgehead atoms. The molecular formula is C20H20IN5O3. The van der Waals surface area contributed by atoms with E-state index in [4.69, 9.17) is 15.2 Å². The van der Waals surface area contributed by atoms with Crippen molar-refractivity contribution in [2.45, 2.75) is 13.0 Å². The van der Waals surface area contributed by atoms with Crippen LogP contribution in [-0.2, 0) is 11.3 Å². The van der Waals surface area contributed by atoms with Gasteiger partial charge in [0, 0.05) is 10.1 Å². The predicted octanol–water partition coefficient (Wildman–Crippen LogP) is 3.03. The number of ether oxygens (including phenoxy) is 2. The lowest BCUT2D eigenvalue weighted by Crippen LogP contribution is -2.10. The fraction of sp³-hybridized carbons (Fsp3) is 0.300. The van der Waals surface area contributed by atoms with Gasteiger partial charge in [0.2, 0.25) is 0 Å². The van der Waals surface area contributed by atoms with Crippen LogP contribution in [0, 0.1) is 15.4 Å². The van der Waals surface area contributed by atoms with E-state index in [2.05, 4.69) is 37.8 Å². The molecule has 0 amide bonds. The van der Waals surface area contributed by atoms with Gasteiger partial charge >= 0.3 is 5.97 Å². The standard InChI is InChI=1S/C20H20IN5O3/c1-28-20(27)15-8-14(21)5-6-17(15)29-10-13-7-12(13)9-26-11-23-25-19(26)16-3-2-4-18(22)24-16/h2-6,8,11-13H,7,9-10H2,1H3,(H2,22,24)/t12-,13?/m0/s1. The van der Waals surface area contributed by atoms with Crippen LogP contribution in [0.2, 0.25) is 0 Å². The summed E-state index contributed by atoms with van der Waals surface area (Å²) in [5.41, 5.74) is 6.94. The van der Waals surface area contributed by atoms with E-state index >= 15 is 0 Å². The van der Waals surface area contributed by atoms with Gasteiger partial charge in [0.1, 0.15) is 29.2 Å². The highest BCUT2D eigenvalue weighted by Crippen LogP contribution is 2.41. The molecular weight excluding hydrogens is 485 g/mol. The van der Waals surface area contributed by atoms with Crippen molar-refractivity contribution >= 4 is 34.4 Å². The second-order valence-electron chi connectivity index (χ2n) is 6.95. The van der Waals surface area contributed by atoms with Gasteiger partial charge in [-0.15, -0.1) is 10.2 Å². The molecule has 2 N–H and O–H groups in total. The predicted molar refractivity (Wildman–Crippen MR) is 115 cm³/mol. The molecule has 1 unspecified atom stereocenters. The minimum Gasteiger partial charge on any atom is -0.492 e. The number of nitrogens with two attached hydrogens (primary N) is 1. The fourth-order valence-corrected chi connectivity index (χ4v) is 3.74. The van der Waals surface area contributed by atoms with E-state index < -0.39 is 5.97 Å². The van der Waals surface area contributed by atoms with E-state index in [1.54, 1.807) is 18.5 Å². The highest BCUT2D eigenvalue weighted by molar-refractivity contribution is 14.1. The van der Waals surface area contributed by atoms with Gasteiger partial charge in [0.25, 0.3) is 0 Å². The van der Waals surface area contributed by atoms with Crippen molar-refractivity contribution in [1.82, 2.24) is 19.7 Å². The number of aromatic nitrogens is 4. The van der Waals surface area contributed by atoms with E-state index in [1.165, 1.54) is 7.11 Å². The van der Waals surface area contributed by atoms with Crippen molar-refractivity contribution in [3.05, 3.63) is 51.9 Å². The van der Waals surface area contributed by atoms with Crippen LogP contribution < -0.4 is 10.5 Å². The summed E-state index contributed by atoms with van der Waals surface area (Å²) in [6.45, 7) is 1.33. The highest BCUT2D eigenvalue weighted by Gasteiger charge is 2.38. The zero-order chi connectivity index (χ0) is 20.4. The van der Waals surface area contributed by atoms with Crippen molar-refractivity contribution in [2.24, 2.45) is 11.8 Å². The van der Waals surface area contributed by atoms with Gasteiger partial charge in [-0.25, -0.2) is 9.78 Å². The first-order valence-electron chi connectivity index (χ1n) is 9.16. The molecule has 1 aromatic carbocycles. The van der Waals surface area contributed by atoms with Crippen LogP contribution >= 0.6 is 22.6 Å². The number of nitrogens with zero attached hydrogens (tertiary/aromatic N) is 4. The zero-order valence-electron chi connectivity index (χ0n) is 15.8. The van der Waals surface area contributed by atoms with E-state index in [0.717, 1.165) is 16.5 Å². The van der Waals surface area contributed by atoms with Crippen molar-refractivity contribution in [3.63, 3.8) is 0 Å². The maximum atomic E-state index is 12.0. The Hall–Kier alpha value is -2.69. The van der Waals surface area contributed by atoms with Crippen molar-refractivity contribution in [2.75, 3.05) is 19.5 Å². The Morgan fingerprint density at radius 3 is 2.97 bits per heavy atom. The zero-order valence-corrected chi connectivity index (χ0v) is 17.9. The number of nitrogen functional groups attached to an aromatic ring is 1. The van der Waals surface area contributed by atoms with E-state index in [0.29, 0.717) is 47.1 Å². The Morgan fingerprint density at radius 2 is 2.17 bits per heavy atom. The van der Waals surface area contributed by atoms with Gasteiger partial charge in [0.05, 0.1) is 13.7 Å². The quantitative estimate of drug-likeness (QED) is 0.389. The molecule has 4 rings (SSSR count). The molecule has 3 aromatic rings. The third kappa shape index (κ3) is 4.50. The largest absolute Gasteiger partial charge is 0.492 e. The third-order valence-corrected chi connectivity index (χ3v) is 5.59. The van der Waals surface area contributed by atoms with Crippen LogP contribution in [0.15, 0.2) is 42.7 Å². The van der Waals surface area contributed by atoms with Gasteiger partial charge in [-0.2, -0.15) is 0 Å². The summed E-state index contributed by atoms with van der Waals surface area (Å²) in [5.74, 6) is 2.18. The first kappa shape index (κ1) is 19.6. The number of methoxy groups -OCH3 is 1. The summed E-state index contributed by atoms with van der Waals surface area (Å²) >= 11 is 2.16. The normalized spacial score (nSPS) is 17.7. The molecule has 2 atom stereocenters. The number of hydrogen-bond acceptors (Lipinski definition) is 7. The number of carbonyl (C=O) groups excluding carboxylic acids is 1. The van der Waals surface area contributed by atoms with Crippen LogP contribution in [0.5, 0.6) is 5.75 Å². The molecule has 29 heavy (non-hydrogen) atoms. The summed E-state index contributed by atoms with van der Waals surface area (Å²) in [6.07, 6.45) is 2.75. The Kier molecular flexibility index (Phi) is 5.65. The first-order chi connectivity index (χ1) is 14.0. The lowest BCUT2D eigenvalue weighted by molar-refractivity contribution is 0.0595. The van der Waals surface area contributed by atoms with Gasteiger partial charge in [-0.05, 0) is 71.2 Å². The number of rotatable bonds is 7. The average molecular weight is 505 g/mol. The summed E-state index contributed by atoms with van der Waals surface area (Å²) in [4.78, 5) is 16.3. The number of esters is 1. The maximum absolute atomic E-state index is 12.0. The molecule has 1 aliphatic carbocycles. The van der Waals surface area contributed by atoms with Gasteiger partial charge in [-0.1, -0.05) is 6.07 Å². The topological polar surface area (TPSA) is 105 Å². The van der Waals surface area contributed by atoms with E-state index in [-0.39, 0.29) is 0 Å². The number of hydrogen-bond donors (Lipinski definition) is 1. The second-order valence-corrected chi connectivity index (χ2v) is 8.20. The van der Waals surface area contributed by atoms with Crippen molar-refractivity contribution in [1.29, 1.82) is 0 Å². The Labute approximate surface area is 181 Å². The van der Waals surface area contributed by atoms with Crippen LogP contribution in [0.3, 0.4) is 0 Å². The van der Waals surface area contributed by atoms with Gasteiger partial charge < -0.3 is 19.8 Å². The smallest absolute Gasteiger partial charge is 0.341 e. The van der Waals surface area contributed by atoms with Crippen LogP contribution in [-0.4, -0.2) is 39.4 Å². The molecule has 8 nitrogen and oxygen atoms in total. The van der Waals surface area contributed by atoms with Gasteiger partial charge in [-0.3, -0.25) is 0 Å². The summed E-state index contributed by atoms with van der Waals surface area (Å²) in [5, 5.41) is 8.21. The minimum atomic E-state index is -0.394. The molecule has 9 heteroatoms. The van der Waals surface area contributed by atoms with Crippen LogP contribution in [0.1, 0.15) is 16.8 Å². The van der Waals surface area contributed by atoms with Gasteiger partial charge in [0.15, 0.2) is 5.82 Å². The fourth-order valence-electron chi connectivity index (χ4n) is 3.25. The second kappa shape index (κ2) is 8.36. The lowest BCUT2D eigenvalue weighted by Gasteiger charge is -2.11. The molecule has 0 spiro atoms. The number of pyridine rings is 1. The molecule has 1 saturated carbocycles. The molecule has 150 valence electrons. The van der Waals surface area contributed by atoms with Crippen molar-refractivity contribution < 1.29 is 14.3 Å². The molecule has 0 saturated heterocycles. The van der Waals surface area contributed by atoms with Crippen LogP contribution in [0.25, 0.3) is 11.5 Å². The summed E-state index contributed by atoms with van der Waals surface area (Å²) in [6, 6.07) is 11.0. The van der Waals surface area contributed by atoms with Crippen LogP contribution in [0.4, 0.5) is 5.82 Å². The minimum absolute atomic E-state index is 0.394. The summed E-state index contributed by atoms with van der Waals surface area (Å²) in [7, 11) is 1.37. The number of halogens is 1. The molecule has 2 heterocycles. The maximum Gasteiger partial charge on any atom is 0.341 e. The molecule has 1 fully saturated rings. The summed E-state index contributed by atoms with van der Waals surface area (Å²) < 4.78 is 13.8. The number of anilines is 1. The van der Waals surface area contributed by atoms with E-state index in [1.807, 2.05) is 28.8 Å². The third-order valence-electron chi connectivity index (χ3n) is 4.92. The number of carbonyl (C=O) groups is 1. The molecule has 0 aliphatic heterocycles. The average Bonchev–Trinajstić information content (AvgIpc) is 3.29.